The van der Waals surface area contributed by atoms with Crippen LogP contribution in [0.15, 0.2) is 42.6 Å². The molecule has 0 bridgehead atoms. The molecule has 2 rings (SSSR count). The Bertz CT molecular complexity index is 512. The molecule has 0 spiro atoms. The molecule has 3 heteroatoms. The van der Waals surface area contributed by atoms with Gasteiger partial charge in [0.1, 0.15) is 0 Å². The highest BCUT2D eigenvalue weighted by Crippen LogP contribution is 2.27. The van der Waals surface area contributed by atoms with Crippen LogP contribution in [0.1, 0.15) is 22.3 Å². The molecular formula is C13H11NO2. The van der Waals surface area contributed by atoms with Crippen LogP contribution in [0, 0.1) is 0 Å². The van der Waals surface area contributed by atoms with Crippen LogP contribution < -0.4 is 5.73 Å². The highest BCUT2D eigenvalue weighted by molar-refractivity contribution is 6.50. The van der Waals surface area contributed by atoms with Crippen molar-refractivity contribution in [3.05, 3.63) is 53.7 Å². The number of Topliss-reactive ketones (excluding diaryl/α,β-unsaturated/α-hetero) is 1. The van der Waals surface area contributed by atoms with E-state index >= 15 is 0 Å². The molecule has 0 saturated carbocycles. The van der Waals surface area contributed by atoms with Crippen LogP contribution in [-0.2, 0) is 4.79 Å². The predicted molar refractivity (Wildman–Crippen MR) is 61.7 cm³/mol. The molecule has 16 heavy (non-hydrogen) atoms. The van der Waals surface area contributed by atoms with E-state index in [4.69, 9.17) is 5.73 Å². The number of rotatable bonds is 2. The fourth-order valence-electron chi connectivity index (χ4n) is 1.76. The molecule has 1 aliphatic carbocycles. The summed E-state index contributed by atoms with van der Waals surface area (Å²) >= 11 is 0. The van der Waals surface area contributed by atoms with Crippen LogP contribution in [0.25, 0.3) is 5.57 Å². The number of allylic oxidation sites excluding steroid dienone is 3. The van der Waals surface area contributed by atoms with Gasteiger partial charge in [-0.1, -0.05) is 30.3 Å². The fourth-order valence-corrected chi connectivity index (χ4v) is 1.76. The molecule has 0 amide bonds. The molecule has 1 aliphatic rings. The van der Waals surface area contributed by atoms with Crippen molar-refractivity contribution in [2.24, 2.45) is 5.73 Å². The van der Waals surface area contributed by atoms with Crippen molar-refractivity contribution < 1.29 is 9.59 Å². The van der Waals surface area contributed by atoms with Crippen LogP contribution in [0.5, 0.6) is 0 Å². The Hall–Kier alpha value is -2.16. The molecule has 2 N–H and O–H groups in total. The van der Waals surface area contributed by atoms with Crippen molar-refractivity contribution in [3.8, 4) is 0 Å². The Morgan fingerprint density at radius 1 is 1.12 bits per heavy atom. The molecule has 0 unspecified atom stereocenters. The Morgan fingerprint density at radius 3 is 2.50 bits per heavy atom. The third-order valence-corrected chi connectivity index (χ3v) is 2.52. The monoisotopic (exact) mass is 213 g/mol. The van der Waals surface area contributed by atoms with E-state index in [1.807, 2.05) is 12.1 Å². The highest BCUT2D eigenvalue weighted by Gasteiger charge is 2.24. The second kappa shape index (κ2) is 4.14. The fraction of sp³-hybridized carbons (Fsp3) is 0.0769. The molecule has 0 aromatic heterocycles. The number of carbonyl (C=O) groups excluding carboxylic acids is 2. The molecule has 0 fully saturated rings. The quantitative estimate of drug-likeness (QED) is 0.760. The zero-order valence-electron chi connectivity index (χ0n) is 8.64. The van der Waals surface area contributed by atoms with E-state index in [-0.39, 0.29) is 0 Å². The summed E-state index contributed by atoms with van der Waals surface area (Å²) in [6, 6.07) is 7.12. The van der Waals surface area contributed by atoms with E-state index in [1.165, 1.54) is 12.3 Å². The maximum atomic E-state index is 11.6. The maximum Gasteiger partial charge on any atom is 0.233 e. The number of fused-ring (bicyclic) bond motifs is 1. The number of ketones is 2. The molecular weight excluding hydrogens is 202 g/mol. The molecule has 0 radical (unpaired) electrons. The van der Waals surface area contributed by atoms with Crippen LogP contribution in [-0.4, -0.2) is 11.6 Å². The van der Waals surface area contributed by atoms with Gasteiger partial charge in [-0.25, -0.2) is 0 Å². The summed E-state index contributed by atoms with van der Waals surface area (Å²) < 4.78 is 0. The summed E-state index contributed by atoms with van der Waals surface area (Å²) in [4.78, 5) is 23.0. The first-order valence-corrected chi connectivity index (χ1v) is 4.99. The molecule has 0 saturated heterocycles. The van der Waals surface area contributed by atoms with Crippen molar-refractivity contribution >= 4 is 17.1 Å². The van der Waals surface area contributed by atoms with E-state index in [0.717, 1.165) is 11.1 Å². The Balaban J connectivity index is 2.50. The van der Waals surface area contributed by atoms with Gasteiger partial charge >= 0.3 is 0 Å². The van der Waals surface area contributed by atoms with E-state index in [9.17, 15) is 9.59 Å². The Morgan fingerprint density at radius 2 is 1.81 bits per heavy atom. The summed E-state index contributed by atoms with van der Waals surface area (Å²) in [5, 5.41) is 0. The lowest BCUT2D eigenvalue weighted by Crippen LogP contribution is -2.18. The van der Waals surface area contributed by atoms with Gasteiger partial charge in [-0.3, -0.25) is 9.59 Å². The molecule has 0 heterocycles. The van der Waals surface area contributed by atoms with Crippen molar-refractivity contribution in [2.45, 2.75) is 6.42 Å². The first kappa shape index (κ1) is 10.4. The molecule has 1 aromatic rings. The van der Waals surface area contributed by atoms with Crippen molar-refractivity contribution in [1.82, 2.24) is 0 Å². The van der Waals surface area contributed by atoms with Crippen LogP contribution in [0.3, 0.4) is 0 Å². The number of hydrogen-bond donors (Lipinski definition) is 1. The van der Waals surface area contributed by atoms with Crippen LogP contribution in [0.2, 0.25) is 0 Å². The van der Waals surface area contributed by atoms with Gasteiger partial charge in [0.15, 0.2) is 0 Å². The first-order chi connectivity index (χ1) is 7.74. The maximum absolute atomic E-state index is 11.6. The Labute approximate surface area is 93.3 Å². The average Bonchev–Trinajstić information content (AvgIpc) is 2.32. The molecule has 3 nitrogen and oxygen atoms in total. The lowest BCUT2D eigenvalue weighted by molar-refractivity contribution is -0.111. The Kier molecular flexibility index (Phi) is 2.68. The predicted octanol–water partition coefficient (Wildman–Crippen LogP) is 1.70. The van der Waals surface area contributed by atoms with Gasteiger partial charge in [-0.15, -0.1) is 0 Å². The summed E-state index contributed by atoms with van der Waals surface area (Å²) in [6.07, 6.45) is 5.15. The average molecular weight is 213 g/mol. The van der Waals surface area contributed by atoms with Crippen molar-refractivity contribution in [2.75, 3.05) is 0 Å². The van der Waals surface area contributed by atoms with Gasteiger partial charge in [0.25, 0.3) is 0 Å². The van der Waals surface area contributed by atoms with E-state index < -0.39 is 11.6 Å². The summed E-state index contributed by atoms with van der Waals surface area (Å²) in [6.45, 7) is 0. The van der Waals surface area contributed by atoms with Gasteiger partial charge in [0, 0.05) is 5.56 Å². The SMILES string of the molecule is NC=CCC1=CC(=O)C(=O)c2ccccc21. The van der Waals surface area contributed by atoms with E-state index in [2.05, 4.69) is 0 Å². The van der Waals surface area contributed by atoms with Gasteiger partial charge < -0.3 is 5.73 Å². The molecule has 0 aliphatic heterocycles. The molecule has 80 valence electrons. The van der Waals surface area contributed by atoms with E-state index in [0.29, 0.717) is 12.0 Å². The standard InChI is InChI=1S/C13H11NO2/c14-7-3-4-9-8-12(15)13(16)11-6-2-1-5-10(9)11/h1-3,5-8H,4,14H2. The summed E-state index contributed by atoms with van der Waals surface area (Å²) in [5.41, 5.74) is 7.41. The smallest absolute Gasteiger partial charge is 0.233 e. The summed E-state index contributed by atoms with van der Waals surface area (Å²) in [7, 11) is 0. The van der Waals surface area contributed by atoms with Gasteiger partial charge in [-0.05, 0) is 29.8 Å². The third kappa shape index (κ3) is 1.67. The van der Waals surface area contributed by atoms with Gasteiger partial charge in [0.2, 0.25) is 11.6 Å². The topological polar surface area (TPSA) is 60.2 Å². The minimum Gasteiger partial charge on any atom is -0.405 e. The molecule has 0 atom stereocenters. The third-order valence-electron chi connectivity index (χ3n) is 2.52. The lowest BCUT2D eigenvalue weighted by atomic mass is 9.88. The van der Waals surface area contributed by atoms with Crippen molar-refractivity contribution in [1.29, 1.82) is 0 Å². The number of hydrogen-bond acceptors (Lipinski definition) is 3. The van der Waals surface area contributed by atoms with Gasteiger partial charge in [-0.2, -0.15) is 0 Å². The zero-order valence-corrected chi connectivity index (χ0v) is 8.64. The first-order valence-electron chi connectivity index (χ1n) is 4.99. The number of carbonyl (C=O) groups is 2. The normalized spacial score (nSPS) is 15.1. The highest BCUT2D eigenvalue weighted by atomic mass is 16.2. The van der Waals surface area contributed by atoms with E-state index in [1.54, 1.807) is 18.2 Å². The minimum absolute atomic E-state index is 0.434. The second-order valence-electron chi connectivity index (χ2n) is 3.54. The minimum atomic E-state index is -0.459. The lowest BCUT2D eigenvalue weighted by Gasteiger charge is -2.14. The second-order valence-corrected chi connectivity index (χ2v) is 3.54. The van der Waals surface area contributed by atoms with Crippen LogP contribution in [0.4, 0.5) is 0 Å². The van der Waals surface area contributed by atoms with Crippen molar-refractivity contribution in [3.63, 3.8) is 0 Å². The van der Waals surface area contributed by atoms with Crippen LogP contribution >= 0.6 is 0 Å². The largest absolute Gasteiger partial charge is 0.405 e. The molecule has 1 aromatic carbocycles. The number of nitrogens with two attached hydrogens (primary N) is 1. The number of benzene rings is 1. The summed E-state index contributed by atoms with van der Waals surface area (Å²) in [5.74, 6) is -0.893. The van der Waals surface area contributed by atoms with Gasteiger partial charge in [0.05, 0.1) is 0 Å². The zero-order chi connectivity index (χ0) is 11.5.